The van der Waals surface area contributed by atoms with Crippen LogP contribution in [0.2, 0.25) is 0 Å². The molecule has 4 heteroatoms. The van der Waals surface area contributed by atoms with Crippen LogP contribution in [0.5, 0.6) is 0 Å². The predicted molar refractivity (Wildman–Crippen MR) is 195 cm³/mol. The second-order valence-electron chi connectivity index (χ2n) is 13.6. The number of furan rings is 1. The molecule has 2 unspecified atom stereocenters. The molecule has 1 aliphatic heterocycles. The van der Waals surface area contributed by atoms with Crippen molar-refractivity contribution in [2.24, 2.45) is 7.05 Å². The summed E-state index contributed by atoms with van der Waals surface area (Å²) in [7, 11) is 2.15. The van der Waals surface area contributed by atoms with Crippen LogP contribution in [-0.2, 0) is 12.6 Å². The highest BCUT2D eigenvalue weighted by Gasteiger charge is 2.59. The maximum atomic E-state index is 6.68. The van der Waals surface area contributed by atoms with Crippen LogP contribution < -0.4 is 13.7 Å². The summed E-state index contributed by atoms with van der Waals surface area (Å²) >= 11 is 0. The number of nitrogens with zero attached hydrogens (tertiary/aromatic N) is 3. The fourth-order valence-corrected chi connectivity index (χ4v) is 8.28. The smallest absolute Gasteiger partial charge is 0.257 e. The minimum Gasteiger partial charge on any atom is -0.456 e. The van der Waals surface area contributed by atoms with Crippen molar-refractivity contribution >= 4 is 21.9 Å². The number of hydrogen-bond acceptors (Lipinski definition) is 1. The molecule has 8 aromatic rings. The fourth-order valence-electron chi connectivity index (χ4n) is 8.28. The summed E-state index contributed by atoms with van der Waals surface area (Å²) in [6.45, 7) is 6.81. The molecule has 4 aromatic heterocycles. The quantitative estimate of drug-likeness (QED) is 0.173. The summed E-state index contributed by atoms with van der Waals surface area (Å²) < 4.78 is 13.9. The first kappa shape index (κ1) is 29.3. The molecule has 4 aromatic carbocycles. The van der Waals surface area contributed by atoms with E-state index in [1.807, 2.05) is 0 Å². The lowest BCUT2D eigenvalue weighted by Gasteiger charge is -2.31. The van der Waals surface area contributed by atoms with E-state index in [-0.39, 0.29) is 6.04 Å². The van der Waals surface area contributed by atoms with Gasteiger partial charge in [-0.25, -0.2) is 4.57 Å². The standard InChI is InChI=1S/C45H38N3O/c1-30-23-26-46(4)41(27-30)37-28-36-34-18-9-10-22-42(34)49-43(36)29-38(37)45(3,48-25-14-12-21-40(48)32-16-6-5-15-31(32)2)44-35-19-8-7-17-33(35)39-20-11-13-24-47(39)44/h5-29,44H,1-4H3/q+3. The van der Waals surface area contributed by atoms with E-state index in [9.17, 15) is 0 Å². The van der Waals surface area contributed by atoms with Crippen LogP contribution in [0.3, 0.4) is 0 Å². The lowest BCUT2D eigenvalue weighted by Crippen LogP contribution is -2.65. The van der Waals surface area contributed by atoms with Crippen molar-refractivity contribution in [1.82, 2.24) is 0 Å². The Labute approximate surface area is 286 Å². The second-order valence-corrected chi connectivity index (χ2v) is 13.6. The van der Waals surface area contributed by atoms with Gasteiger partial charge in [-0.1, -0.05) is 54.6 Å². The zero-order chi connectivity index (χ0) is 33.3. The zero-order valence-electron chi connectivity index (χ0n) is 28.3. The normalized spacial score (nSPS) is 14.9. The Balaban J connectivity index is 1.47. The van der Waals surface area contributed by atoms with Gasteiger partial charge in [-0.05, 0) is 67.4 Å². The molecule has 9 rings (SSSR count). The average molecular weight is 637 g/mol. The predicted octanol–water partition coefficient (Wildman–Crippen LogP) is 8.97. The topological polar surface area (TPSA) is 24.8 Å². The molecule has 49 heavy (non-hydrogen) atoms. The summed E-state index contributed by atoms with van der Waals surface area (Å²) in [5, 5.41) is 2.25. The minimum atomic E-state index is -0.647. The van der Waals surface area contributed by atoms with Crippen LogP contribution in [0.1, 0.15) is 35.2 Å². The van der Waals surface area contributed by atoms with Crippen LogP contribution in [0.15, 0.2) is 156 Å². The number of hydrogen-bond donors (Lipinski definition) is 0. The van der Waals surface area contributed by atoms with Gasteiger partial charge < -0.3 is 4.42 Å². The molecule has 236 valence electrons. The third-order valence-corrected chi connectivity index (χ3v) is 10.7. The molecule has 0 spiro atoms. The van der Waals surface area contributed by atoms with E-state index in [2.05, 4.69) is 194 Å². The molecule has 0 N–H and O–H groups in total. The average Bonchev–Trinajstić information content (AvgIpc) is 3.68. The van der Waals surface area contributed by atoms with E-state index < -0.39 is 5.54 Å². The van der Waals surface area contributed by atoms with Crippen molar-refractivity contribution in [3.63, 3.8) is 0 Å². The maximum absolute atomic E-state index is 6.68. The molecule has 0 fully saturated rings. The number of para-hydroxylation sites is 1. The summed E-state index contributed by atoms with van der Waals surface area (Å²) in [6.07, 6.45) is 6.70. The molecule has 5 heterocycles. The highest BCUT2D eigenvalue weighted by atomic mass is 16.3. The lowest BCUT2D eigenvalue weighted by atomic mass is 9.76. The van der Waals surface area contributed by atoms with Crippen molar-refractivity contribution in [2.75, 3.05) is 0 Å². The SMILES string of the molecule is Cc1cc[n+](C)c(-c2cc3c(cc2C(C)(C2c4ccccc4-c4cccc[n+]42)[n+]2ccccc2-c2ccccc2C)oc2ccccc23)c1. The molecule has 0 saturated heterocycles. The van der Waals surface area contributed by atoms with Gasteiger partial charge in [0.2, 0.25) is 17.1 Å². The van der Waals surface area contributed by atoms with Crippen LogP contribution in [0.25, 0.3) is 55.7 Å². The molecule has 1 aliphatic rings. The van der Waals surface area contributed by atoms with Crippen molar-refractivity contribution in [2.45, 2.75) is 32.4 Å². The zero-order valence-corrected chi connectivity index (χ0v) is 28.3. The molecule has 2 atom stereocenters. The molecular weight excluding hydrogens is 599 g/mol. The van der Waals surface area contributed by atoms with Gasteiger partial charge in [-0.3, -0.25) is 0 Å². The summed E-state index contributed by atoms with van der Waals surface area (Å²) in [6, 6.07) is 48.3. The van der Waals surface area contributed by atoms with Gasteiger partial charge in [0.15, 0.2) is 18.6 Å². The lowest BCUT2D eigenvalue weighted by molar-refractivity contribution is -0.820. The Hall–Kier alpha value is -5.87. The van der Waals surface area contributed by atoms with Crippen molar-refractivity contribution in [3.05, 3.63) is 174 Å². The molecule has 0 radical (unpaired) electrons. The first-order valence-corrected chi connectivity index (χ1v) is 17.0. The molecule has 0 amide bonds. The maximum Gasteiger partial charge on any atom is 0.257 e. The van der Waals surface area contributed by atoms with Crippen molar-refractivity contribution < 1.29 is 18.1 Å². The Bertz CT molecular complexity index is 2530. The summed E-state index contributed by atoms with van der Waals surface area (Å²) in [4.78, 5) is 0. The minimum absolute atomic E-state index is 0.0780. The van der Waals surface area contributed by atoms with E-state index in [4.69, 9.17) is 4.42 Å². The van der Waals surface area contributed by atoms with Crippen LogP contribution in [-0.4, -0.2) is 0 Å². The van der Waals surface area contributed by atoms with Crippen LogP contribution in [0, 0.1) is 13.8 Å². The second kappa shape index (κ2) is 11.1. The van der Waals surface area contributed by atoms with Gasteiger partial charge in [0.25, 0.3) is 11.6 Å². The Morgan fingerprint density at radius 2 is 1.29 bits per heavy atom. The number of fused-ring (bicyclic) bond motifs is 6. The van der Waals surface area contributed by atoms with Crippen molar-refractivity contribution in [3.8, 4) is 33.8 Å². The van der Waals surface area contributed by atoms with Gasteiger partial charge in [0, 0.05) is 70.8 Å². The summed E-state index contributed by atoms with van der Waals surface area (Å²) in [5.74, 6) is 0. The molecule has 0 bridgehead atoms. The van der Waals surface area contributed by atoms with Gasteiger partial charge in [0.05, 0.1) is 11.1 Å². The van der Waals surface area contributed by atoms with E-state index in [0.717, 1.165) is 33.3 Å². The number of pyridine rings is 3. The third-order valence-electron chi connectivity index (χ3n) is 10.7. The van der Waals surface area contributed by atoms with E-state index in [1.165, 1.54) is 44.6 Å². The van der Waals surface area contributed by atoms with E-state index in [0.29, 0.717) is 0 Å². The number of aryl methyl sites for hydroxylation is 3. The largest absolute Gasteiger partial charge is 0.456 e. The van der Waals surface area contributed by atoms with E-state index >= 15 is 0 Å². The van der Waals surface area contributed by atoms with E-state index in [1.54, 1.807) is 0 Å². The fraction of sp³-hybridized carbons (Fsp3) is 0.133. The van der Waals surface area contributed by atoms with Gasteiger partial charge in [-0.15, -0.1) is 0 Å². The van der Waals surface area contributed by atoms with Crippen LogP contribution in [0.4, 0.5) is 0 Å². The summed E-state index contributed by atoms with van der Waals surface area (Å²) in [5.41, 5.74) is 13.3. The highest BCUT2D eigenvalue weighted by Crippen LogP contribution is 2.47. The highest BCUT2D eigenvalue weighted by molar-refractivity contribution is 6.06. The van der Waals surface area contributed by atoms with Gasteiger partial charge >= 0.3 is 0 Å². The molecule has 0 aliphatic carbocycles. The van der Waals surface area contributed by atoms with Crippen LogP contribution >= 0.6 is 0 Å². The Kier molecular flexibility index (Phi) is 6.63. The van der Waals surface area contributed by atoms with Gasteiger partial charge in [-0.2, -0.15) is 9.13 Å². The van der Waals surface area contributed by atoms with Gasteiger partial charge in [0.1, 0.15) is 18.2 Å². The molecular formula is C45H38N3O+3. The van der Waals surface area contributed by atoms with Crippen molar-refractivity contribution in [1.29, 1.82) is 0 Å². The first-order valence-electron chi connectivity index (χ1n) is 17.0. The number of benzene rings is 4. The number of aromatic nitrogens is 3. The first-order chi connectivity index (χ1) is 23.9. The Morgan fingerprint density at radius 1 is 0.571 bits per heavy atom. The molecule has 0 saturated carbocycles. The Morgan fingerprint density at radius 3 is 2.14 bits per heavy atom. The number of rotatable bonds is 5. The monoisotopic (exact) mass is 636 g/mol. The third kappa shape index (κ3) is 4.40. The molecule has 4 nitrogen and oxygen atoms in total.